The van der Waals surface area contributed by atoms with Crippen LogP contribution in [0.3, 0.4) is 0 Å². The quantitative estimate of drug-likeness (QED) is 0.0732. The first-order chi connectivity index (χ1) is 22.6. The van der Waals surface area contributed by atoms with Gasteiger partial charge in [0.15, 0.2) is 29.2 Å². The predicted octanol–water partition coefficient (Wildman–Crippen LogP) is 5.09. The van der Waals surface area contributed by atoms with Crippen LogP contribution in [0.25, 0.3) is 0 Å². The number of hydrogen-bond donors (Lipinski definition) is 4. The molecule has 0 unspecified atom stereocenters. The molecule has 0 bridgehead atoms. The molecule has 3 aromatic carbocycles. The second kappa shape index (κ2) is 16.7. The molecule has 1 aliphatic heterocycles. The van der Waals surface area contributed by atoms with Crippen LogP contribution in [0, 0.1) is 5.82 Å². The molecule has 0 spiro atoms. The van der Waals surface area contributed by atoms with E-state index in [-0.39, 0.29) is 24.6 Å². The van der Waals surface area contributed by atoms with Gasteiger partial charge in [-0.3, -0.25) is 5.43 Å². The molecule has 3 aromatic rings. The third kappa shape index (κ3) is 9.36. The minimum atomic E-state index is -1.19. The van der Waals surface area contributed by atoms with Gasteiger partial charge in [-0.15, -0.1) is 0 Å². The standard InChI is InChI=1S/C33H36BrFN4O8/c1-5-44-26-15-22(30-29(32(41)43-4)19(3)37-33(42)38-30)10-11-25(26)46-18-28(40)39-36-16-21-13-24(34)31(27(14-21)45-6-2)47-17-20-8-7-9-23(35)12-20/h7-16,28,30,39-40H,5-6,17-18H2,1-4H3,(H2,37,38,42)/b36-16-/t28-,30+/m0/s1. The zero-order chi connectivity index (χ0) is 33.9. The first kappa shape index (κ1) is 35.0. The largest absolute Gasteiger partial charge is 0.490 e. The lowest BCUT2D eigenvalue weighted by molar-refractivity contribution is -0.136. The lowest BCUT2D eigenvalue weighted by Crippen LogP contribution is -2.45. The molecule has 0 radical (unpaired) electrons. The van der Waals surface area contributed by atoms with Gasteiger partial charge in [-0.25, -0.2) is 14.0 Å². The summed E-state index contributed by atoms with van der Waals surface area (Å²) >= 11 is 3.51. The number of allylic oxidation sites excluding steroid dienone is 1. The second-order valence-electron chi connectivity index (χ2n) is 10.1. The molecule has 4 N–H and O–H groups in total. The molecule has 12 nitrogen and oxygen atoms in total. The van der Waals surface area contributed by atoms with Crippen LogP contribution in [0.5, 0.6) is 23.0 Å². The molecule has 2 atom stereocenters. The van der Waals surface area contributed by atoms with E-state index in [0.29, 0.717) is 63.1 Å². The maximum absolute atomic E-state index is 13.6. The number of aliphatic hydroxyl groups is 1. The highest BCUT2D eigenvalue weighted by atomic mass is 79.9. The Kier molecular flexibility index (Phi) is 12.4. The van der Waals surface area contributed by atoms with Crippen LogP contribution < -0.4 is 35.0 Å². The van der Waals surface area contributed by atoms with E-state index in [1.165, 1.54) is 25.5 Å². The average molecular weight is 716 g/mol. The summed E-state index contributed by atoms with van der Waals surface area (Å²) < 4.78 is 42.3. The summed E-state index contributed by atoms with van der Waals surface area (Å²) in [5.41, 5.74) is 5.14. The number of aliphatic hydroxyl groups excluding tert-OH is 1. The monoisotopic (exact) mass is 714 g/mol. The van der Waals surface area contributed by atoms with E-state index in [0.717, 1.165) is 0 Å². The molecule has 4 rings (SSSR count). The van der Waals surface area contributed by atoms with E-state index in [4.69, 9.17) is 23.7 Å². The van der Waals surface area contributed by atoms with E-state index in [1.807, 2.05) is 6.92 Å². The van der Waals surface area contributed by atoms with E-state index in [1.54, 1.807) is 56.3 Å². The number of amides is 2. The predicted molar refractivity (Wildman–Crippen MR) is 175 cm³/mol. The Morgan fingerprint density at radius 3 is 2.55 bits per heavy atom. The molecule has 0 fully saturated rings. The van der Waals surface area contributed by atoms with Crippen molar-refractivity contribution in [3.63, 3.8) is 0 Å². The summed E-state index contributed by atoms with van der Waals surface area (Å²) in [7, 11) is 1.27. The summed E-state index contributed by atoms with van der Waals surface area (Å²) in [5.74, 6) is 0.676. The van der Waals surface area contributed by atoms with Gasteiger partial charge in [-0.2, -0.15) is 5.10 Å². The van der Waals surface area contributed by atoms with Crippen LogP contribution in [-0.2, 0) is 16.1 Å². The van der Waals surface area contributed by atoms with Gasteiger partial charge in [0.05, 0.1) is 42.6 Å². The molecule has 0 saturated heterocycles. The van der Waals surface area contributed by atoms with Crippen molar-refractivity contribution < 1.29 is 42.8 Å². The number of esters is 1. The third-order valence-corrected chi connectivity index (χ3v) is 7.30. The van der Waals surface area contributed by atoms with Gasteiger partial charge in [0, 0.05) is 5.70 Å². The first-order valence-electron chi connectivity index (χ1n) is 14.7. The molecule has 0 saturated carbocycles. The lowest BCUT2D eigenvalue weighted by atomic mass is 9.95. The van der Waals surface area contributed by atoms with Crippen LogP contribution in [0.1, 0.15) is 43.5 Å². The van der Waals surface area contributed by atoms with Crippen LogP contribution in [-0.4, -0.2) is 56.5 Å². The Labute approximate surface area is 280 Å². The van der Waals surface area contributed by atoms with E-state index in [2.05, 4.69) is 37.1 Å². The Hall–Kier alpha value is -4.82. The van der Waals surface area contributed by atoms with Gasteiger partial charge in [0.2, 0.25) is 0 Å². The zero-order valence-electron chi connectivity index (χ0n) is 26.3. The molecule has 2 amide bonds. The molecule has 1 aliphatic rings. The topological polar surface area (TPSA) is 149 Å². The van der Waals surface area contributed by atoms with Gasteiger partial charge >= 0.3 is 12.0 Å². The van der Waals surface area contributed by atoms with Crippen LogP contribution in [0.15, 0.2) is 75.4 Å². The highest BCUT2D eigenvalue weighted by molar-refractivity contribution is 9.10. The molecule has 14 heteroatoms. The van der Waals surface area contributed by atoms with Crippen LogP contribution in [0.2, 0.25) is 0 Å². The highest BCUT2D eigenvalue weighted by Gasteiger charge is 2.32. The van der Waals surface area contributed by atoms with Crippen molar-refractivity contribution in [3.8, 4) is 23.0 Å². The number of urea groups is 1. The number of hydrazone groups is 1. The number of halogens is 2. The second-order valence-corrected chi connectivity index (χ2v) is 11.0. The number of ether oxygens (including phenoxy) is 5. The number of nitrogens with one attached hydrogen (secondary N) is 3. The summed E-state index contributed by atoms with van der Waals surface area (Å²) in [6.45, 7) is 5.92. The molecule has 0 aromatic heterocycles. The number of carbonyl (C=O) groups excluding carboxylic acids is 2. The van der Waals surface area contributed by atoms with Crippen molar-refractivity contribution in [1.29, 1.82) is 0 Å². The van der Waals surface area contributed by atoms with Crippen molar-refractivity contribution in [1.82, 2.24) is 16.1 Å². The maximum Gasteiger partial charge on any atom is 0.337 e. The Morgan fingerprint density at radius 1 is 1.06 bits per heavy atom. The summed E-state index contributed by atoms with van der Waals surface area (Å²) in [6.07, 6.45) is 0.305. The van der Waals surface area contributed by atoms with E-state index < -0.39 is 24.3 Å². The minimum absolute atomic E-state index is 0.144. The number of rotatable bonds is 15. The molecular formula is C33H36BrFN4O8. The molecule has 47 heavy (non-hydrogen) atoms. The van der Waals surface area contributed by atoms with Gasteiger partial charge in [0.1, 0.15) is 19.0 Å². The zero-order valence-corrected chi connectivity index (χ0v) is 27.9. The SMILES string of the molecule is CCOc1cc([C@H]2NC(=O)NC(C)=C2C(=O)OC)ccc1OC[C@H](O)N/N=C\c1cc(Br)c(OCc2cccc(F)c2)c(OCC)c1. The lowest BCUT2D eigenvalue weighted by Gasteiger charge is -2.28. The van der Waals surface area contributed by atoms with E-state index >= 15 is 0 Å². The van der Waals surface area contributed by atoms with Crippen molar-refractivity contribution in [3.05, 3.63) is 92.8 Å². The Bertz CT molecular complexity index is 1650. The van der Waals surface area contributed by atoms with Gasteiger partial charge in [-0.05, 0) is 89.8 Å². The van der Waals surface area contributed by atoms with Gasteiger partial charge in [0.25, 0.3) is 0 Å². The van der Waals surface area contributed by atoms with Crippen LogP contribution >= 0.6 is 15.9 Å². The molecule has 0 aliphatic carbocycles. The maximum atomic E-state index is 13.6. The third-order valence-electron chi connectivity index (χ3n) is 6.71. The molecule has 1 heterocycles. The fourth-order valence-electron chi connectivity index (χ4n) is 4.67. The van der Waals surface area contributed by atoms with Gasteiger partial charge < -0.3 is 39.4 Å². The number of hydrogen-bond acceptors (Lipinski definition) is 10. The van der Waals surface area contributed by atoms with E-state index in [9.17, 15) is 19.1 Å². The van der Waals surface area contributed by atoms with Crippen molar-refractivity contribution >= 4 is 34.1 Å². The fraction of sp³-hybridized carbons (Fsp3) is 0.303. The molecular weight excluding hydrogens is 679 g/mol. The average Bonchev–Trinajstić information content (AvgIpc) is 3.03. The number of nitrogens with zero attached hydrogens (tertiary/aromatic N) is 1. The Balaban J connectivity index is 1.40. The number of benzene rings is 3. The summed E-state index contributed by atoms with van der Waals surface area (Å²) in [6, 6.07) is 13.4. The summed E-state index contributed by atoms with van der Waals surface area (Å²) in [5, 5.41) is 19.9. The van der Waals surface area contributed by atoms with Crippen LogP contribution in [0.4, 0.5) is 9.18 Å². The molecule has 250 valence electrons. The number of methoxy groups -OCH3 is 1. The Morgan fingerprint density at radius 2 is 1.83 bits per heavy atom. The highest BCUT2D eigenvalue weighted by Crippen LogP contribution is 2.37. The normalized spacial score (nSPS) is 15.0. The van der Waals surface area contributed by atoms with Crippen molar-refractivity contribution in [2.24, 2.45) is 5.10 Å². The van der Waals surface area contributed by atoms with Crippen molar-refractivity contribution in [2.45, 2.75) is 39.6 Å². The fourth-order valence-corrected chi connectivity index (χ4v) is 5.24. The van der Waals surface area contributed by atoms with Crippen molar-refractivity contribution in [2.75, 3.05) is 26.9 Å². The first-order valence-corrected chi connectivity index (χ1v) is 15.5. The van der Waals surface area contributed by atoms with Gasteiger partial charge in [-0.1, -0.05) is 18.2 Å². The summed E-state index contributed by atoms with van der Waals surface area (Å²) in [4.78, 5) is 24.6. The number of carbonyl (C=O) groups is 2. The smallest absolute Gasteiger partial charge is 0.337 e. The minimum Gasteiger partial charge on any atom is -0.490 e.